The number of thiophene rings is 1. The molecule has 134 valence electrons. The fraction of sp³-hybridized carbons (Fsp3) is 0.722. The van der Waals surface area contributed by atoms with Crippen molar-refractivity contribution < 1.29 is 14.3 Å². The van der Waals surface area contributed by atoms with Crippen molar-refractivity contribution in [1.29, 1.82) is 0 Å². The third kappa shape index (κ3) is 4.36. The Kier molecular flexibility index (Phi) is 5.59. The third-order valence-corrected chi connectivity index (χ3v) is 6.04. The summed E-state index contributed by atoms with van der Waals surface area (Å²) in [6.07, 6.45) is 3.08. The molecule has 6 heteroatoms. The van der Waals surface area contributed by atoms with Crippen molar-refractivity contribution in [3.63, 3.8) is 0 Å². The summed E-state index contributed by atoms with van der Waals surface area (Å²) in [6, 6.07) is 4.44. The average molecular weight is 353 g/mol. The number of carbonyl (C=O) groups is 1. The maximum absolute atomic E-state index is 11.6. The van der Waals surface area contributed by atoms with Crippen LogP contribution in [0.4, 0.5) is 0 Å². The number of hydrogen-bond acceptors (Lipinski definition) is 5. The molecule has 1 spiro atoms. The SMILES string of the molecule is Cc1ccc(CN2CCC3(CC2)C[C@@H](OCC(=O)N(C)C)CO3)s1. The summed E-state index contributed by atoms with van der Waals surface area (Å²) in [6.45, 7) is 6.12. The Morgan fingerprint density at radius 3 is 2.79 bits per heavy atom. The van der Waals surface area contributed by atoms with E-state index in [1.807, 2.05) is 11.3 Å². The summed E-state index contributed by atoms with van der Waals surface area (Å²) in [5.41, 5.74) is -0.0340. The second kappa shape index (κ2) is 7.52. The molecular formula is C18H28N2O3S. The lowest BCUT2D eigenvalue weighted by Gasteiger charge is -2.38. The predicted octanol–water partition coefficient (Wildman–Crippen LogP) is 2.28. The lowest BCUT2D eigenvalue weighted by Crippen LogP contribution is -2.43. The molecular weight excluding hydrogens is 324 g/mol. The van der Waals surface area contributed by atoms with Crippen LogP contribution >= 0.6 is 11.3 Å². The molecule has 1 atom stereocenters. The van der Waals surface area contributed by atoms with Gasteiger partial charge in [-0.2, -0.15) is 0 Å². The van der Waals surface area contributed by atoms with E-state index in [4.69, 9.17) is 9.47 Å². The Morgan fingerprint density at radius 1 is 1.42 bits per heavy atom. The quantitative estimate of drug-likeness (QED) is 0.815. The molecule has 0 aliphatic carbocycles. The minimum Gasteiger partial charge on any atom is -0.372 e. The molecule has 2 aliphatic heterocycles. The van der Waals surface area contributed by atoms with Crippen LogP contribution in [0.5, 0.6) is 0 Å². The summed E-state index contributed by atoms with van der Waals surface area (Å²) in [4.78, 5) is 18.5. The van der Waals surface area contributed by atoms with Crippen LogP contribution in [0, 0.1) is 6.92 Å². The number of carbonyl (C=O) groups excluding carboxylic acids is 1. The molecule has 0 unspecified atom stereocenters. The summed E-state index contributed by atoms with van der Waals surface area (Å²) >= 11 is 1.89. The molecule has 0 bridgehead atoms. The van der Waals surface area contributed by atoms with E-state index in [1.54, 1.807) is 19.0 Å². The number of hydrogen-bond donors (Lipinski definition) is 0. The Balaban J connectivity index is 1.43. The molecule has 24 heavy (non-hydrogen) atoms. The van der Waals surface area contributed by atoms with Crippen molar-refractivity contribution in [2.45, 2.75) is 44.4 Å². The molecule has 2 fully saturated rings. The number of ether oxygens (including phenoxy) is 2. The number of piperidine rings is 1. The standard InChI is InChI=1S/C18H28N2O3S/c1-14-4-5-16(24-14)11-20-8-6-18(7-9-20)10-15(12-23-18)22-13-17(21)19(2)3/h4-5,15H,6-13H2,1-3H3/t15-/m1/s1. The number of likely N-dealkylation sites (tertiary alicyclic amines) is 1. The highest BCUT2D eigenvalue weighted by atomic mass is 32.1. The first kappa shape index (κ1) is 17.9. The van der Waals surface area contributed by atoms with Crippen LogP contribution in [0.15, 0.2) is 12.1 Å². The van der Waals surface area contributed by atoms with Crippen molar-refractivity contribution in [2.24, 2.45) is 0 Å². The van der Waals surface area contributed by atoms with Crippen LogP contribution in [0.25, 0.3) is 0 Å². The fourth-order valence-corrected chi connectivity index (χ4v) is 4.42. The average Bonchev–Trinajstić information content (AvgIpc) is 3.14. The van der Waals surface area contributed by atoms with Gasteiger partial charge in [0.2, 0.25) is 5.91 Å². The van der Waals surface area contributed by atoms with Gasteiger partial charge in [-0.25, -0.2) is 0 Å². The highest BCUT2D eigenvalue weighted by Crippen LogP contribution is 2.37. The highest BCUT2D eigenvalue weighted by molar-refractivity contribution is 7.11. The molecule has 0 saturated carbocycles. The van der Waals surface area contributed by atoms with E-state index >= 15 is 0 Å². The molecule has 2 aliphatic rings. The minimum absolute atomic E-state index is 0.0111. The van der Waals surface area contributed by atoms with Crippen LogP contribution in [0.1, 0.15) is 29.0 Å². The minimum atomic E-state index is -0.0340. The molecule has 1 aromatic rings. The fourth-order valence-electron chi connectivity index (χ4n) is 3.49. The Morgan fingerprint density at radius 2 is 2.17 bits per heavy atom. The maximum Gasteiger partial charge on any atom is 0.248 e. The largest absolute Gasteiger partial charge is 0.372 e. The summed E-state index contributed by atoms with van der Waals surface area (Å²) < 4.78 is 11.9. The van der Waals surface area contributed by atoms with Crippen molar-refractivity contribution in [3.8, 4) is 0 Å². The van der Waals surface area contributed by atoms with Gasteiger partial charge in [0.05, 0.1) is 18.3 Å². The van der Waals surface area contributed by atoms with E-state index in [-0.39, 0.29) is 24.2 Å². The second-order valence-electron chi connectivity index (χ2n) is 7.21. The molecule has 3 heterocycles. The second-order valence-corrected chi connectivity index (χ2v) is 8.58. The van der Waals surface area contributed by atoms with Crippen molar-refractivity contribution in [3.05, 3.63) is 21.9 Å². The molecule has 0 N–H and O–H groups in total. The van der Waals surface area contributed by atoms with Gasteiger partial charge < -0.3 is 14.4 Å². The first-order chi connectivity index (χ1) is 11.5. The van der Waals surface area contributed by atoms with Gasteiger partial charge in [-0.3, -0.25) is 9.69 Å². The Labute approximate surface area is 148 Å². The smallest absolute Gasteiger partial charge is 0.248 e. The molecule has 2 saturated heterocycles. The van der Waals surface area contributed by atoms with Crippen LogP contribution < -0.4 is 0 Å². The molecule has 0 aromatic carbocycles. The van der Waals surface area contributed by atoms with Crippen molar-refractivity contribution in [1.82, 2.24) is 9.80 Å². The van der Waals surface area contributed by atoms with Crippen LogP contribution in [0.2, 0.25) is 0 Å². The van der Waals surface area contributed by atoms with Crippen LogP contribution in [-0.4, -0.2) is 67.8 Å². The van der Waals surface area contributed by atoms with Gasteiger partial charge >= 0.3 is 0 Å². The van der Waals surface area contributed by atoms with E-state index in [0.717, 1.165) is 38.9 Å². The van der Waals surface area contributed by atoms with E-state index < -0.39 is 0 Å². The summed E-state index contributed by atoms with van der Waals surface area (Å²) in [5.74, 6) is 0.0111. The molecule has 5 nitrogen and oxygen atoms in total. The number of rotatable bonds is 5. The van der Waals surface area contributed by atoms with Gasteiger partial charge in [0, 0.05) is 49.9 Å². The number of nitrogens with zero attached hydrogens (tertiary/aromatic N) is 2. The van der Waals surface area contributed by atoms with E-state index in [0.29, 0.717) is 6.61 Å². The molecule has 1 amide bonds. The van der Waals surface area contributed by atoms with Gasteiger partial charge in [0.15, 0.2) is 0 Å². The molecule has 0 radical (unpaired) electrons. The normalized spacial score (nSPS) is 23.7. The first-order valence-electron chi connectivity index (χ1n) is 8.69. The Hall–Kier alpha value is -0.950. The monoisotopic (exact) mass is 352 g/mol. The Bertz CT molecular complexity index is 564. The van der Waals surface area contributed by atoms with Gasteiger partial charge in [-0.15, -0.1) is 11.3 Å². The zero-order chi connectivity index (χ0) is 17.2. The third-order valence-electron chi connectivity index (χ3n) is 5.06. The first-order valence-corrected chi connectivity index (χ1v) is 9.51. The lowest BCUT2D eigenvalue weighted by molar-refractivity contribution is -0.135. The van der Waals surface area contributed by atoms with Gasteiger partial charge in [-0.1, -0.05) is 0 Å². The van der Waals surface area contributed by atoms with Crippen molar-refractivity contribution in [2.75, 3.05) is 40.4 Å². The maximum atomic E-state index is 11.6. The van der Waals surface area contributed by atoms with Gasteiger partial charge in [0.1, 0.15) is 6.61 Å². The number of aryl methyl sites for hydroxylation is 1. The topological polar surface area (TPSA) is 42.0 Å². The molecule has 3 rings (SSSR count). The van der Waals surface area contributed by atoms with Crippen LogP contribution in [0.3, 0.4) is 0 Å². The van der Waals surface area contributed by atoms with E-state index in [2.05, 4.69) is 24.0 Å². The zero-order valence-corrected chi connectivity index (χ0v) is 15.7. The lowest BCUT2D eigenvalue weighted by atomic mass is 9.88. The van der Waals surface area contributed by atoms with Gasteiger partial charge in [0.25, 0.3) is 0 Å². The number of likely N-dealkylation sites (N-methyl/N-ethyl adjacent to an activating group) is 1. The van der Waals surface area contributed by atoms with E-state index in [9.17, 15) is 4.79 Å². The number of amides is 1. The predicted molar refractivity (Wildman–Crippen MR) is 95.3 cm³/mol. The summed E-state index contributed by atoms with van der Waals surface area (Å²) in [7, 11) is 3.51. The summed E-state index contributed by atoms with van der Waals surface area (Å²) in [5, 5.41) is 0. The van der Waals surface area contributed by atoms with E-state index in [1.165, 1.54) is 9.75 Å². The van der Waals surface area contributed by atoms with Crippen molar-refractivity contribution >= 4 is 17.2 Å². The zero-order valence-electron chi connectivity index (χ0n) is 14.9. The van der Waals surface area contributed by atoms with Crippen LogP contribution in [-0.2, 0) is 20.8 Å². The van der Waals surface area contributed by atoms with Gasteiger partial charge in [-0.05, 0) is 31.9 Å². The molecule has 1 aromatic heterocycles. The highest BCUT2D eigenvalue weighted by Gasteiger charge is 2.43.